The van der Waals surface area contributed by atoms with Crippen molar-refractivity contribution >= 4 is 43.9 Å². The maximum atomic E-state index is 15.8. The minimum absolute atomic E-state index is 0.162. The van der Waals surface area contributed by atoms with Gasteiger partial charge >= 0.3 is 5.76 Å². The highest BCUT2D eigenvalue weighted by molar-refractivity contribution is 7.91. The predicted octanol–water partition coefficient (Wildman–Crippen LogP) is 6.64. The number of sulfone groups is 1. The second kappa shape index (κ2) is 12.9. The Kier molecular flexibility index (Phi) is 9.02. The van der Waals surface area contributed by atoms with Gasteiger partial charge in [-0.15, -0.1) is 0 Å². The second-order valence-corrected chi connectivity index (χ2v) is 12.0. The molecule has 0 aliphatic rings. The van der Waals surface area contributed by atoms with E-state index in [1.165, 1.54) is 12.3 Å². The lowest BCUT2D eigenvalue weighted by molar-refractivity contribution is 0.0950. The van der Waals surface area contributed by atoms with Crippen LogP contribution in [-0.2, 0) is 22.9 Å². The highest BCUT2D eigenvalue weighted by Crippen LogP contribution is 2.29. The zero-order valence-electron chi connectivity index (χ0n) is 23.0. The highest BCUT2D eigenvalue weighted by Gasteiger charge is 2.28. The first-order chi connectivity index (χ1) is 21.0. The molecule has 5 rings (SSSR count). The Bertz CT molecular complexity index is 1960. The molecule has 0 saturated heterocycles. The molecule has 0 aliphatic carbocycles. The number of hydrogen-bond acceptors (Lipinski definition) is 7. The summed E-state index contributed by atoms with van der Waals surface area (Å²) in [4.78, 5) is 20.8. The van der Waals surface area contributed by atoms with Crippen LogP contribution in [0.4, 0.5) is 19.0 Å². The molecular weight excluding hydrogens is 617 g/mol. The standard InChI is InChI=1S/C31H24ClF3N4O4S/c1-43-23-8-5-18(6-9-23)15-37-28-4-2-3-27(39-28)25-10-7-19-16-36-22(14-26(19)29(25)33)17-38-30(40)20-11-21(32)13-24(12-20)44(41,42)31(34)35/h2-14,16,31H,15,17H2,1H3,(H,37,39)(H,38,40). The third kappa shape index (κ3) is 6.76. The molecule has 0 atom stereocenters. The van der Waals surface area contributed by atoms with Gasteiger partial charge in [0, 0.05) is 39.7 Å². The number of alkyl halides is 2. The number of aromatic nitrogens is 2. The Labute approximate surface area is 255 Å². The first-order valence-electron chi connectivity index (χ1n) is 13.1. The molecule has 2 N–H and O–H groups in total. The SMILES string of the molecule is COc1ccc(CNc2cccc(-c3ccc4cnc(CNC(=O)c5cc(Cl)cc(S(=O)(=O)C(F)F)c5)cc4c3F)n2)cc1. The number of carbonyl (C=O) groups excluding carboxylic acids is 1. The maximum absolute atomic E-state index is 15.8. The van der Waals surface area contributed by atoms with E-state index in [4.69, 9.17) is 16.3 Å². The fourth-order valence-electron chi connectivity index (χ4n) is 4.37. The quantitative estimate of drug-likeness (QED) is 0.176. The van der Waals surface area contributed by atoms with Gasteiger partial charge in [-0.2, -0.15) is 8.78 Å². The van der Waals surface area contributed by atoms with Crippen molar-refractivity contribution in [1.82, 2.24) is 15.3 Å². The van der Waals surface area contributed by atoms with Crippen LogP contribution in [0, 0.1) is 5.82 Å². The zero-order chi connectivity index (χ0) is 31.4. The number of rotatable bonds is 10. The number of amides is 1. The van der Waals surface area contributed by atoms with Crippen LogP contribution in [0.3, 0.4) is 0 Å². The number of nitrogens with zero attached hydrogens (tertiary/aromatic N) is 2. The average Bonchev–Trinajstić information content (AvgIpc) is 3.03. The summed E-state index contributed by atoms with van der Waals surface area (Å²) >= 11 is 5.88. The van der Waals surface area contributed by atoms with E-state index in [1.54, 1.807) is 37.4 Å². The summed E-state index contributed by atoms with van der Waals surface area (Å²) in [5.41, 5.74) is 1.74. The fourth-order valence-corrected chi connectivity index (χ4v) is 5.46. The molecule has 1 amide bonds. The number of anilines is 1. The van der Waals surface area contributed by atoms with E-state index in [2.05, 4.69) is 20.6 Å². The van der Waals surface area contributed by atoms with E-state index in [0.717, 1.165) is 29.5 Å². The van der Waals surface area contributed by atoms with Crippen LogP contribution in [0.15, 0.2) is 90.0 Å². The summed E-state index contributed by atoms with van der Waals surface area (Å²) < 4.78 is 70.7. The Morgan fingerprint density at radius 2 is 1.77 bits per heavy atom. The molecule has 13 heteroatoms. The molecule has 44 heavy (non-hydrogen) atoms. The van der Waals surface area contributed by atoms with Gasteiger partial charge in [-0.3, -0.25) is 9.78 Å². The lowest BCUT2D eigenvalue weighted by atomic mass is 10.0. The minimum Gasteiger partial charge on any atom is -0.497 e. The molecule has 0 radical (unpaired) electrons. The van der Waals surface area contributed by atoms with Crippen molar-refractivity contribution in [2.24, 2.45) is 0 Å². The van der Waals surface area contributed by atoms with Gasteiger partial charge in [0.1, 0.15) is 17.4 Å². The van der Waals surface area contributed by atoms with Crippen molar-refractivity contribution in [3.8, 4) is 17.0 Å². The van der Waals surface area contributed by atoms with Gasteiger partial charge in [-0.05, 0) is 60.2 Å². The normalized spacial score (nSPS) is 11.5. The number of fused-ring (bicyclic) bond motifs is 1. The molecule has 226 valence electrons. The predicted molar refractivity (Wildman–Crippen MR) is 161 cm³/mol. The summed E-state index contributed by atoms with van der Waals surface area (Å²) in [6.45, 7) is 0.338. The van der Waals surface area contributed by atoms with E-state index in [-0.39, 0.29) is 28.1 Å². The topological polar surface area (TPSA) is 110 Å². The largest absolute Gasteiger partial charge is 0.497 e. The van der Waals surface area contributed by atoms with Gasteiger partial charge < -0.3 is 15.4 Å². The van der Waals surface area contributed by atoms with Crippen LogP contribution in [0.25, 0.3) is 22.0 Å². The minimum atomic E-state index is -4.97. The number of halogens is 4. The first kappa shape index (κ1) is 30.8. The van der Waals surface area contributed by atoms with Crippen molar-refractivity contribution < 1.29 is 31.1 Å². The van der Waals surface area contributed by atoms with Crippen LogP contribution in [-0.4, -0.2) is 37.2 Å². The maximum Gasteiger partial charge on any atom is 0.341 e. The van der Waals surface area contributed by atoms with Gasteiger partial charge in [0.25, 0.3) is 5.91 Å². The lowest BCUT2D eigenvalue weighted by Crippen LogP contribution is -2.24. The van der Waals surface area contributed by atoms with E-state index in [9.17, 15) is 22.0 Å². The van der Waals surface area contributed by atoms with Crippen molar-refractivity contribution in [1.29, 1.82) is 0 Å². The van der Waals surface area contributed by atoms with E-state index < -0.39 is 32.2 Å². The van der Waals surface area contributed by atoms with E-state index in [1.807, 2.05) is 24.3 Å². The number of carbonyl (C=O) groups is 1. The molecule has 8 nitrogen and oxygen atoms in total. The Morgan fingerprint density at radius 3 is 2.50 bits per heavy atom. The molecule has 3 aromatic carbocycles. The molecule has 0 aliphatic heterocycles. The van der Waals surface area contributed by atoms with E-state index >= 15 is 4.39 Å². The molecule has 0 unspecified atom stereocenters. The molecular formula is C31H24ClF3N4O4S. The number of methoxy groups -OCH3 is 1. The Morgan fingerprint density at radius 1 is 1.00 bits per heavy atom. The third-order valence-electron chi connectivity index (χ3n) is 6.68. The van der Waals surface area contributed by atoms with Crippen molar-refractivity contribution in [3.63, 3.8) is 0 Å². The monoisotopic (exact) mass is 640 g/mol. The van der Waals surface area contributed by atoms with Gasteiger partial charge in [0.15, 0.2) is 0 Å². The number of benzene rings is 3. The first-order valence-corrected chi connectivity index (χ1v) is 15.0. The van der Waals surface area contributed by atoms with Crippen LogP contribution in [0.1, 0.15) is 21.6 Å². The smallest absolute Gasteiger partial charge is 0.341 e. The van der Waals surface area contributed by atoms with Gasteiger partial charge in [-0.1, -0.05) is 35.9 Å². The Balaban J connectivity index is 1.33. The number of hydrogen-bond donors (Lipinski definition) is 2. The molecule has 0 bridgehead atoms. The molecule has 0 spiro atoms. The fraction of sp³-hybridized carbons (Fsp3) is 0.129. The van der Waals surface area contributed by atoms with Gasteiger partial charge in [-0.25, -0.2) is 17.8 Å². The molecule has 0 fully saturated rings. The Hall–Kier alpha value is -4.68. The summed E-state index contributed by atoms with van der Waals surface area (Å²) in [5.74, 6) is -3.68. The molecule has 0 saturated carbocycles. The second-order valence-electron chi connectivity index (χ2n) is 9.60. The number of pyridine rings is 2. The summed E-state index contributed by atoms with van der Waals surface area (Å²) in [6.07, 6.45) is 1.46. The van der Waals surface area contributed by atoms with Gasteiger partial charge in [0.05, 0.1) is 29.9 Å². The van der Waals surface area contributed by atoms with Crippen molar-refractivity contribution in [3.05, 3.63) is 113 Å². The van der Waals surface area contributed by atoms with Crippen molar-refractivity contribution in [2.75, 3.05) is 12.4 Å². The van der Waals surface area contributed by atoms with Crippen LogP contribution in [0.5, 0.6) is 5.75 Å². The number of ether oxygens (including phenoxy) is 1. The number of nitrogens with one attached hydrogen (secondary N) is 2. The van der Waals surface area contributed by atoms with Crippen LogP contribution < -0.4 is 15.4 Å². The highest BCUT2D eigenvalue weighted by atomic mass is 35.5. The van der Waals surface area contributed by atoms with Gasteiger partial charge in [0.2, 0.25) is 9.84 Å². The lowest BCUT2D eigenvalue weighted by Gasteiger charge is -2.11. The summed E-state index contributed by atoms with van der Waals surface area (Å²) in [6, 6.07) is 20.4. The zero-order valence-corrected chi connectivity index (χ0v) is 24.6. The average molecular weight is 641 g/mol. The molecule has 2 heterocycles. The van der Waals surface area contributed by atoms with Crippen LogP contribution in [0.2, 0.25) is 5.02 Å². The van der Waals surface area contributed by atoms with Crippen molar-refractivity contribution in [2.45, 2.75) is 23.7 Å². The molecule has 2 aromatic heterocycles. The summed E-state index contributed by atoms with van der Waals surface area (Å²) in [5, 5.41) is 6.32. The van der Waals surface area contributed by atoms with Crippen LogP contribution >= 0.6 is 11.6 Å². The third-order valence-corrected chi connectivity index (χ3v) is 8.26. The summed E-state index contributed by atoms with van der Waals surface area (Å²) in [7, 11) is -3.37. The molecule has 5 aromatic rings. The van der Waals surface area contributed by atoms with E-state index in [0.29, 0.717) is 29.1 Å².